The Morgan fingerprint density at radius 1 is 1.40 bits per heavy atom. The number of carbonyl (C=O) groups excluding carboxylic acids is 1. The second-order valence-corrected chi connectivity index (χ2v) is 8.03. The smallest absolute Gasteiger partial charge is 0.264 e. The fraction of sp³-hybridized carbons (Fsp3) is 0.286. The van der Waals surface area contributed by atoms with E-state index in [1.165, 1.54) is 42.4 Å². The number of benzene rings is 1. The second kappa shape index (κ2) is 6.69. The molecule has 134 valence electrons. The van der Waals surface area contributed by atoms with E-state index in [0.717, 1.165) is 15.6 Å². The third kappa shape index (κ3) is 3.00. The maximum absolute atomic E-state index is 13.0. The van der Waals surface area contributed by atoms with Crippen molar-refractivity contribution in [3.8, 4) is 5.75 Å². The standard InChI is InChI=1S/C14H15N3O6S2/c1-23-8-2-4-9(5-3-8)25(21,22)17-6-10-13(24-7-15-10)12(18)11(17)14(19)16-20/h2-5,7,11-12,18,20H,6H2,1H3,(H,16,19). The number of ether oxygens (including phenoxy) is 1. The third-order valence-electron chi connectivity index (χ3n) is 3.90. The van der Waals surface area contributed by atoms with Crippen molar-refractivity contribution in [2.45, 2.75) is 23.6 Å². The monoisotopic (exact) mass is 385 g/mol. The van der Waals surface area contributed by atoms with Gasteiger partial charge in [-0.05, 0) is 24.3 Å². The van der Waals surface area contributed by atoms with Crippen molar-refractivity contribution in [3.05, 3.63) is 40.3 Å². The molecule has 3 N–H and O–H groups in total. The summed E-state index contributed by atoms with van der Waals surface area (Å²) in [5.74, 6) is -0.548. The molecule has 0 saturated heterocycles. The topological polar surface area (TPSA) is 129 Å². The fourth-order valence-corrected chi connectivity index (χ4v) is 5.01. The van der Waals surface area contributed by atoms with Gasteiger partial charge in [0, 0.05) is 0 Å². The molecular formula is C14H15N3O6S2. The summed E-state index contributed by atoms with van der Waals surface area (Å²) < 4.78 is 31.8. The number of amides is 1. The predicted molar refractivity (Wildman–Crippen MR) is 86.5 cm³/mol. The molecule has 2 heterocycles. The maximum Gasteiger partial charge on any atom is 0.264 e. The first-order valence-electron chi connectivity index (χ1n) is 7.10. The summed E-state index contributed by atoms with van der Waals surface area (Å²) in [4.78, 5) is 16.4. The minimum Gasteiger partial charge on any atom is -0.497 e. The SMILES string of the molecule is COc1ccc(S(=O)(=O)N2Cc3ncsc3C(O)C2C(=O)NO)cc1. The second-order valence-electron chi connectivity index (χ2n) is 5.25. The van der Waals surface area contributed by atoms with E-state index in [0.29, 0.717) is 16.3 Å². The normalized spacial score (nSPS) is 20.8. The van der Waals surface area contributed by atoms with Gasteiger partial charge in [0.1, 0.15) is 17.9 Å². The van der Waals surface area contributed by atoms with Crippen LogP contribution in [-0.4, -0.2) is 47.1 Å². The highest BCUT2D eigenvalue weighted by atomic mass is 32.2. The predicted octanol–water partition coefficient (Wildman–Crippen LogP) is 0.264. The number of thiazole rings is 1. The summed E-state index contributed by atoms with van der Waals surface area (Å²) in [7, 11) is -2.68. The fourth-order valence-electron chi connectivity index (χ4n) is 2.64. The molecule has 1 amide bonds. The van der Waals surface area contributed by atoms with Crippen LogP contribution in [0.4, 0.5) is 0 Å². The van der Waals surface area contributed by atoms with E-state index in [9.17, 15) is 18.3 Å². The van der Waals surface area contributed by atoms with Crippen molar-refractivity contribution in [1.29, 1.82) is 0 Å². The first-order chi connectivity index (χ1) is 11.9. The van der Waals surface area contributed by atoms with E-state index in [1.807, 2.05) is 0 Å². The zero-order chi connectivity index (χ0) is 18.2. The molecule has 2 atom stereocenters. The van der Waals surface area contributed by atoms with E-state index in [1.54, 1.807) is 0 Å². The lowest BCUT2D eigenvalue weighted by molar-refractivity contribution is -0.137. The van der Waals surface area contributed by atoms with E-state index >= 15 is 0 Å². The number of nitrogens with zero attached hydrogens (tertiary/aromatic N) is 2. The number of rotatable bonds is 4. The number of aliphatic hydroxyl groups excluding tert-OH is 1. The maximum atomic E-state index is 13.0. The van der Waals surface area contributed by atoms with Crippen LogP contribution in [0, 0.1) is 0 Å². The van der Waals surface area contributed by atoms with Crippen molar-refractivity contribution in [2.75, 3.05) is 7.11 Å². The highest BCUT2D eigenvalue weighted by molar-refractivity contribution is 7.89. The summed E-state index contributed by atoms with van der Waals surface area (Å²) in [5.41, 5.74) is 3.25. The van der Waals surface area contributed by atoms with Crippen molar-refractivity contribution >= 4 is 27.3 Å². The van der Waals surface area contributed by atoms with Gasteiger partial charge >= 0.3 is 0 Å². The molecule has 2 unspecified atom stereocenters. The van der Waals surface area contributed by atoms with Gasteiger partial charge in [-0.1, -0.05) is 0 Å². The number of hydroxylamine groups is 1. The zero-order valence-corrected chi connectivity index (χ0v) is 14.6. The molecule has 1 aromatic heterocycles. The Hall–Kier alpha value is -2.05. The number of hydrogen-bond acceptors (Lipinski definition) is 8. The molecule has 0 radical (unpaired) electrons. The average Bonchev–Trinajstić information content (AvgIpc) is 3.10. The van der Waals surface area contributed by atoms with Crippen LogP contribution >= 0.6 is 11.3 Å². The minimum atomic E-state index is -4.13. The first kappa shape index (κ1) is 17.8. The van der Waals surface area contributed by atoms with Gasteiger partial charge in [0.05, 0.1) is 34.6 Å². The summed E-state index contributed by atoms with van der Waals surface area (Å²) in [6.07, 6.45) is -1.43. The number of nitrogens with one attached hydrogen (secondary N) is 1. The largest absolute Gasteiger partial charge is 0.497 e. The van der Waals surface area contributed by atoms with Crippen molar-refractivity contribution in [1.82, 2.24) is 14.8 Å². The number of hydrogen-bond donors (Lipinski definition) is 3. The summed E-state index contributed by atoms with van der Waals surface area (Å²) in [5, 5.41) is 19.4. The van der Waals surface area contributed by atoms with Crippen LogP contribution in [0.25, 0.3) is 0 Å². The van der Waals surface area contributed by atoms with E-state index in [4.69, 9.17) is 9.94 Å². The number of aromatic nitrogens is 1. The minimum absolute atomic E-state index is 0.0741. The average molecular weight is 385 g/mol. The summed E-state index contributed by atoms with van der Waals surface area (Å²) >= 11 is 1.12. The molecule has 3 rings (SSSR count). The van der Waals surface area contributed by atoms with Gasteiger partial charge in [-0.3, -0.25) is 10.0 Å². The Balaban J connectivity index is 2.06. The molecule has 11 heteroatoms. The van der Waals surface area contributed by atoms with Crippen LogP contribution in [0.2, 0.25) is 0 Å². The molecule has 0 aliphatic carbocycles. The Bertz CT molecular complexity index is 880. The van der Waals surface area contributed by atoms with Gasteiger partial charge in [0.2, 0.25) is 10.0 Å². The zero-order valence-electron chi connectivity index (χ0n) is 13.0. The van der Waals surface area contributed by atoms with Crippen LogP contribution < -0.4 is 10.2 Å². The van der Waals surface area contributed by atoms with Gasteiger partial charge in [-0.2, -0.15) is 4.31 Å². The van der Waals surface area contributed by atoms with E-state index in [-0.39, 0.29) is 11.4 Å². The number of fused-ring (bicyclic) bond motifs is 1. The van der Waals surface area contributed by atoms with Crippen molar-refractivity contribution < 1.29 is 28.3 Å². The molecule has 0 saturated carbocycles. The van der Waals surface area contributed by atoms with Crippen LogP contribution in [0.1, 0.15) is 16.7 Å². The van der Waals surface area contributed by atoms with Crippen LogP contribution in [0.5, 0.6) is 5.75 Å². The first-order valence-corrected chi connectivity index (χ1v) is 9.42. The van der Waals surface area contributed by atoms with E-state index < -0.39 is 28.1 Å². The third-order valence-corrected chi connectivity index (χ3v) is 6.68. The lowest BCUT2D eigenvalue weighted by Crippen LogP contribution is -2.53. The molecule has 0 spiro atoms. The van der Waals surface area contributed by atoms with Gasteiger partial charge in [0.15, 0.2) is 0 Å². The van der Waals surface area contributed by atoms with Gasteiger partial charge in [-0.25, -0.2) is 18.9 Å². The Morgan fingerprint density at radius 2 is 2.08 bits per heavy atom. The lowest BCUT2D eigenvalue weighted by Gasteiger charge is -2.35. The summed E-state index contributed by atoms with van der Waals surface area (Å²) in [6, 6.07) is 4.12. The molecule has 25 heavy (non-hydrogen) atoms. The van der Waals surface area contributed by atoms with Crippen molar-refractivity contribution in [2.24, 2.45) is 0 Å². The summed E-state index contributed by atoms with van der Waals surface area (Å²) in [6.45, 7) is -0.192. The van der Waals surface area contributed by atoms with Crippen LogP contribution in [0.15, 0.2) is 34.7 Å². The molecule has 1 aromatic carbocycles. The number of methoxy groups -OCH3 is 1. The van der Waals surface area contributed by atoms with Gasteiger partial charge in [0.25, 0.3) is 5.91 Å². The van der Waals surface area contributed by atoms with Crippen molar-refractivity contribution in [3.63, 3.8) is 0 Å². The molecular weight excluding hydrogens is 370 g/mol. The Morgan fingerprint density at radius 3 is 2.68 bits per heavy atom. The Kier molecular flexibility index (Phi) is 4.75. The highest BCUT2D eigenvalue weighted by Gasteiger charge is 2.46. The van der Waals surface area contributed by atoms with Gasteiger partial charge in [-0.15, -0.1) is 11.3 Å². The molecule has 1 aliphatic heterocycles. The molecule has 9 nitrogen and oxygen atoms in total. The Labute approximate surface area is 147 Å². The molecule has 0 fully saturated rings. The molecule has 1 aliphatic rings. The van der Waals surface area contributed by atoms with Gasteiger partial charge < -0.3 is 9.84 Å². The van der Waals surface area contributed by atoms with Crippen LogP contribution in [0.3, 0.4) is 0 Å². The lowest BCUT2D eigenvalue weighted by atomic mass is 10.0. The van der Waals surface area contributed by atoms with Crippen LogP contribution in [-0.2, 0) is 21.4 Å². The number of carbonyl (C=O) groups is 1. The highest BCUT2D eigenvalue weighted by Crippen LogP contribution is 2.37. The quantitative estimate of drug-likeness (QED) is 0.509. The molecule has 2 aromatic rings. The van der Waals surface area contributed by atoms with E-state index in [2.05, 4.69) is 4.98 Å². The number of aliphatic hydroxyl groups is 1. The number of sulfonamides is 1. The molecule has 0 bridgehead atoms.